The van der Waals surface area contributed by atoms with Gasteiger partial charge in [0.15, 0.2) is 0 Å². The lowest BCUT2D eigenvalue weighted by Gasteiger charge is -2.30. The molecule has 0 radical (unpaired) electrons. The average Bonchev–Trinajstić information content (AvgIpc) is 3.09. The van der Waals surface area contributed by atoms with Gasteiger partial charge in [0.2, 0.25) is 11.8 Å². The fourth-order valence-electron chi connectivity index (χ4n) is 3.89. The van der Waals surface area contributed by atoms with Crippen molar-refractivity contribution in [2.45, 2.75) is 19.3 Å². The molecule has 2 saturated heterocycles. The number of anilines is 1. The molecule has 2 aliphatic rings. The number of primary amides is 1. The van der Waals surface area contributed by atoms with Crippen LogP contribution in [-0.4, -0.2) is 56.0 Å². The number of halogens is 1. The van der Waals surface area contributed by atoms with Crippen molar-refractivity contribution in [3.8, 4) is 0 Å². The second kappa shape index (κ2) is 8.49. The molecular weight excluding hydrogens is 335 g/mol. The number of likely N-dealkylation sites (tertiary alicyclic amines) is 1. The Kier molecular flexibility index (Phi) is 6.08. The van der Waals surface area contributed by atoms with Crippen molar-refractivity contribution in [3.63, 3.8) is 0 Å². The van der Waals surface area contributed by atoms with E-state index in [1.165, 1.54) is 6.07 Å². The van der Waals surface area contributed by atoms with Gasteiger partial charge in [0.1, 0.15) is 5.82 Å². The summed E-state index contributed by atoms with van der Waals surface area (Å²) in [5.74, 6) is -0.0850. The summed E-state index contributed by atoms with van der Waals surface area (Å²) in [6.07, 6.45) is 2.46. The Bertz CT molecular complexity index is 646. The van der Waals surface area contributed by atoms with Gasteiger partial charge in [-0.15, -0.1) is 0 Å². The third-order valence-electron chi connectivity index (χ3n) is 5.38. The molecule has 0 aliphatic carbocycles. The quantitative estimate of drug-likeness (QED) is 0.790. The molecule has 2 aliphatic heterocycles. The number of hydrogen-bond acceptors (Lipinski definition) is 4. The van der Waals surface area contributed by atoms with Crippen LogP contribution < -0.4 is 16.0 Å². The molecule has 3 rings (SSSR count). The van der Waals surface area contributed by atoms with Crippen molar-refractivity contribution < 1.29 is 14.0 Å². The fourth-order valence-corrected chi connectivity index (χ4v) is 3.89. The molecule has 26 heavy (non-hydrogen) atoms. The summed E-state index contributed by atoms with van der Waals surface area (Å²) in [6, 6.07) is 6.82. The second-order valence-electron chi connectivity index (χ2n) is 7.31. The number of amides is 2. The summed E-state index contributed by atoms with van der Waals surface area (Å²) in [4.78, 5) is 27.4. The number of piperidine rings is 1. The summed E-state index contributed by atoms with van der Waals surface area (Å²) >= 11 is 0. The molecule has 2 heterocycles. The van der Waals surface area contributed by atoms with Crippen LogP contribution in [0.5, 0.6) is 0 Å². The van der Waals surface area contributed by atoms with Crippen LogP contribution in [0.1, 0.15) is 19.3 Å². The predicted molar refractivity (Wildman–Crippen MR) is 98.1 cm³/mol. The van der Waals surface area contributed by atoms with Crippen molar-refractivity contribution in [2.75, 3.05) is 44.2 Å². The minimum atomic E-state index is -0.325. The number of para-hydroxylation sites is 1. The van der Waals surface area contributed by atoms with Crippen molar-refractivity contribution >= 4 is 17.5 Å². The molecule has 0 spiro atoms. The molecule has 0 bridgehead atoms. The first kappa shape index (κ1) is 18.6. The van der Waals surface area contributed by atoms with Gasteiger partial charge < -0.3 is 16.0 Å². The van der Waals surface area contributed by atoms with Gasteiger partial charge >= 0.3 is 0 Å². The van der Waals surface area contributed by atoms with Crippen LogP contribution in [0.4, 0.5) is 10.1 Å². The van der Waals surface area contributed by atoms with E-state index in [9.17, 15) is 14.0 Å². The van der Waals surface area contributed by atoms with E-state index in [1.54, 1.807) is 12.1 Å². The van der Waals surface area contributed by atoms with Gasteiger partial charge in [-0.25, -0.2) is 4.39 Å². The van der Waals surface area contributed by atoms with Crippen LogP contribution >= 0.6 is 0 Å². The molecule has 142 valence electrons. The van der Waals surface area contributed by atoms with Gasteiger partial charge in [-0.3, -0.25) is 14.5 Å². The fraction of sp³-hybridized carbons (Fsp3) is 0.579. The number of benzene rings is 1. The van der Waals surface area contributed by atoms with Crippen LogP contribution in [0.2, 0.25) is 0 Å². The molecule has 1 aromatic carbocycles. The first-order valence-corrected chi connectivity index (χ1v) is 9.31. The zero-order chi connectivity index (χ0) is 18.5. The average molecular weight is 362 g/mol. The third kappa shape index (κ3) is 4.72. The number of nitrogens with two attached hydrogens (primary N) is 1. The van der Waals surface area contributed by atoms with Crippen LogP contribution in [0.15, 0.2) is 24.3 Å². The maximum atomic E-state index is 13.9. The maximum Gasteiger partial charge on any atom is 0.231 e. The summed E-state index contributed by atoms with van der Waals surface area (Å²) in [5.41, 5.74) is 5.85. The van der Waals surface area contributed by atoms with Gasteiger partial charge in [-0.1, -0.05) is 12.1 Å². The highest BCUT2D eigenvalue weighted by Crippen LogP contribution is 2.26. The Morgan fingerprint density at radius 3 is 2.58 bits per heavy atom. The van der Waals surface area contributed by atoms with E-state index in [4.69, 9.17) is 5.73 Å². The standard InChI is InChI=1S/C19H27FN4O2/c20-16-3-1-2-4-17(16)24-10-5-14(12-24)11-22-19(26)15-6-8-23(9-7-15)13-18(21)25/h1-4,14-15H,5-13H2,(H2,21,25)(H,22,26)/t14-/m0/s1. The van der Waals surface area contributed by atoms with Gasteiger partial charge in [-0.2, -0.15) is 0 Å². The Balaban J connectivity index is 1.40. The van der Waals surface area contributed by atoms with Gasteiger partial charge in [0, 0.05) is 25.6 Å². The summed E-state index contributed by atoms with van der Waals surface area (Å²) in [5, 5.41) is 3.07. The predicted octanol–water partition coefficient (Wildman–Crippen LogP) is 0.965. The van der Waals surface area contributed by atoms with E-state index in [-0.39, 0.29) is 30.1 Å². The molecule has 0 aromatic heterocycles. The Morgan fingerprint density at radius 2 is 1.88 bits per heavy atom. The lowest BCUT2D eigenvalue weighted by atomic mass is 9.95. The van der Waals surface area contributed by atoms with E-state index >= 15 is 0 Å². The monoisotopic (exact) mass is 362 g/mol. The van der Waals surface area contributed by atoms with Gasteiger partial charge in [-0.05, 0) is 50.4 Å². The van der Waals surface area contributed by atoms with Crippen molar-refractivity contribution in [2.24, 2.45) is 17.6 Å². The van der Waals surface area contributed by atoms with Crippen LogP contribution in [0.25, 0.3) is 0 Å². The zero-order valence-corrected chi connectivity index (χ0v) is 15.0. The Labute approximate surface area is 153 Å². The number of carbonyl (C=O) groups is 2. The van der Waals surface area contributed by atoms with Crippen molar-refractivity contribution in [3.05, 3.63) is 30.1 Å². The minimum absolute atomic E-state index is 0.00296. The van der Waals surface area contributed by atoms with Gasteiger partial charge in [0.25, 0.3) is 0 Å². The smallest absolute Gasteiger partial charge is 0.231 e. The highest BCUT2D eigenvalue weighted by atomic mass is 19.1. The van der Waals surface area contributed by atoms with E-state index in [0.29, 0.717) is 18.2 Å². The third-order valence-corrected chi connectivity index (χ3v) is 5.38. The molecule has 2 amide bonds. The van der Waals surface area contributed by atoms with E-state index < -0.39 is 0 Å². The Hall–Kier alpha value is -2.15. The topological polar surface area (TPSA) is 78.7 Å². The molecule has 0 saturated carbocycles. The summed E-state index contributed by atoms with van der Waals surface area (Å²) in [7, 11) is 0. The lowest BCUT2D eigenvalue weighted by Crippen LogP contribution is -2.44. The molecule has 3 N–H and O–H groups in total. The number of rotatable bonds is 6. The number of hydrogen-bond donors (Lipinski definition) is 2. The maximum absolute atomic E-state index is 13.9. The zero-order valence-electron chi connectivity index (χ0n) is 15.0. The number of nitrogens with one attached hydrogen (secondary N) is 1. The molecular formula is C19H27FN4O2. The Morgan fingerprint density at radius 1 is 1.15 bits per heavy atom. The normalized spacial score (nSPS) is 21.7. The SMILES string of the molecule is NC(=O)CN1CCC(C(=O)NC[C@@H]2CCN(c3ccccc3F)C2)CC1. The molecule has 1 atom stereocenters. The number of nitrogens with zero attached hydrogens (tertiary/aromatic N) is 2. The molecule has 2 fully saturated rings. The van der Waals surface area contributed by atoms with Crippen molar-refractivity contribution in [1.82, 2.24) is 10.2 Å². The lowest BCUT2D eigenvalue weighted by molar-refractivity contribution is -0.126. The van der Waals surface area contributed by atoms with Crippen molar-refractivity contribution in [1.29, 1.82) is 0 Å². The van der Waals surface area contributed by atoms with Crippen LogP contribution in [0, 0.1) is 17.7 Å². The van der Waals surface area contributed by atoms with Crippen LogP contribution in [0.3, 0.4) is 0 Å². The van der Waals surface area contributed by atoms with E-state index in [0.717, 1.165) is 45.4 Å². The molecule has 0 unspecified atom stereocenters. The largest absolute Gasteiger partial charge is 0.369 e. The van der Waals surface area contributed by atoms with E-state index in [2.05, 4.69) is 10.2 Å². The molecule has 6 nitrogen and oxygen atoms in total. The van der Waals surface area contributed by atoms with E-state index in [1.807, 2.05) is 11.0 Å². The highest BCUT2D eigenvalue weighted by Gasteiger charge is 2.28. The second-order valence-corrected chi connectivity index (χ2v) is 7.31. The summed E-state index contributed by atoms with van der Waals surface area (Å²) in [6.45, 7) is 3.93. The summed E-state index contributed by atoms with van der Waals surface area (Å²) < 4.78 is 13.9. The number of carbonyl (C=O) groups excluding carboxylic acids is 2. The highest BCUT2D eigenvalue weighted by molar-refractivity contribution is 5.79. The molecule has 1 aromatic rings. The molecule has 7 heteroatoms. The first-order valence-electron chi connectivity index (χ1n) is 9.31. The minimum Gasteiger partial charge on any atom is -0.369 e. The first-order chi connectivity index (χ1) is 12.5. The van der Waals surface area contributed by atoms with Gasteiger partial charge in [0.05, 0.1) is 12.2 Å². The van der Waals surface area contributed by atoms with Crippen LogP contribution in [-0.2, 0) is 9.59 Å².